The fraction of sp³-hybridized carbons (Fsp3) is 0.545. The second-order valence-electron chi connectivity index (χ2n) is 11.0. The molecule has 1 aromatic carbocycles. The molecule has 0 heterocycles. The number of nitrogens with zero attached hydrogens (tertiary/aromatic N) is 1. The normalized spacial score (nSPS) is 16.3. The third kappa shape index (κ3) is 11.5. The van der Waals surface area contributed by atoms with Gasteiger partial charge in [-0.1, -0.05) is 84.9 Å². The number of Topliss-reactive ketones (excluding diaryl/α,β-unsaturated/α-hetero) is 1. The van der Waals surface area contributed by atoms with E-state index in [9.17, 15) is 9.59 Å². The Balaban J connectivity index is 0.000000382. The number of hydrogen-bond donors (Lipinski definition) is 1. The predicted octanol–water partition coefficient (Wildman–Crippen LogP) is 8.96. The molecule has 0 saturated heterocycles. The van der Waals surface area contributed by atoms with Crippen molar-refractivity contribution in [2.75, 3.05) is 13.6 Å². The van der Waals surface area contributed by atoms with E-state index in [-0.39, 0.29) is 17.1 Å². The zero-order chi connectivity index (χ0) is 28.7. The first kappa shape index (κ1) is 33.6. The predicted molar refractivity (Wildman–Crippen MR) is 164 cm³/mol. The first-order valence-corrected chi connectivity index (χ1v) is 14.5. The minimum atomic E-state index is 0.00234. The first-order valence-electron chi connectivity index (χ1n) is 14.1. The summed E-state index contributed by atoms with van der Waals surface area (Å²) in [5, 5.41) is 3.70. The number of carbonyl (C=O) groups excluding carboxylic acids is 2. The van der Waals surface area contributed by atoms with E-state index in [1.165, 1.54) is 25.7 Å². The first-order chi connectivity index (χ1) is 18.0. The van der Waals surface area contributed by atoms with E-state index in [1.807, 2.05) is 37.3 Å². The van der Waals surface area contributed by atoms with Crippen LogP contribution in [0.25, 0.3) is 0 Å². The molecule has 2 rings (SSSR count). The number of aliphatic imine (C=N–C) groups is 1. The summed E-state index contributed by atoms with van der Waals surface area (Å²) in [7, 11) is 1.78. The molecular formula is C33H49ClN2O2. The van der Waals surface area contributed by atoms with Gasteiger partial charge in [0.25, 0.3) is 5.91 Å². The Labute approximate surface area is 236 Å². The number of benzene rings is 1. The van der Waals surface area contributed by atoms with Crippen LogP contribution in [0.15, 0.2) is 64.2 Å². The van der Waals surface area contributed by atoms with Gasteiger partial charge in [-0.2, -0.15) is 0 Å². The molecule has 1 atom stereocenters. The molecule has 5 heteroatoms. The number of nitrogens with one attached hydrogen (secondary N) is 1. The second-order valence-corrected chi connectivity index (χ2v) is 11.5. The average Bonchev–Trinajstić information content (AvgIpc) is 2.90. The Kier molecular flexibility index (Phi) is 15.2. The number of ketones is 1. The minimum absolute atomic E-state index is 0.00234. The summed E-state index contributed by atoms with van der Waals surface area (Å²) in [6.07, 6.45) is 13.2. The molecule has 0 radical (unpaired) electrons. The van der Waals surface area contributed by atoms with Crippen LogP contribution < -0.4 is 5.32 Å². The van der Waals surface area contributed by atoms with Gasteiger partial charge in [0.05, 0.1) is 5.71 Å². The zero-order valence-electron chi connectivity index (χ0n) is 24.9. The quantitative estimate of drug-likeness (QED) is 0.285. The van der Waals surface area contributed by atoms with Crippen LogP contribution >= 0.6 is 11.6 Å². The molecule has 1 aliphatic rings. The van der Waals surface area contributed by atoms with Gasteiger partial charge in [-0.3, -0.25) is 14.6 Å². The molecule has 38 heavy (non-hydrogen) atoms. The largest absolute Gasteiger partial charge is 0.352 e. The Morgan fingerprint density at radius 1 is 1.05 bits per heavy atom. The van der Waals surface area contributed by atoms with E-state index < -0.39 is 0 Å². The van der Waals surface area contributed by atoms with Gasteiger partial charge in [-0.25, -0.2) is 0 Å². The fourth-order valence-electron chi connectivity index (χ4n) is 4.50. The summed E-state index contributed by atoms with van der Waals surface area (Å²) in [5.41, 5.74) is 4.71. The van der Waals surface area contributed by atoms with Crippen molar-refractivity contribution in [2.45, 2.75) is 93.4 Å². The van der Waals surface area contributed by atoms with Crippen LogP contribution in [0.2, 0.25) is 5.02 Å². The lowest BCUT2D eigenvalue weighted by molar-refractivity contribution is -0.117. The molecule has 0 aromatic heterocycles. The van der Waals surface area contributed by atoms with Gasteiger partial charge < -0.3 is 5.32 Å². The Hall–Kier alpha value is -2.46. The van der Waals surface area contributed by atoms with E-state index in [0.29, 0.717) is 18.0 Å². The number of hydrogen-bond acceptors (Lipinski definition) is 3. The molecule has 0 aliphatic heterocycles. The maximum Gasteiger partial charge on any atom is 0.251 e. The Morgan fingerprint density at radius 3 is 2.21 bits per heavy atom. The summed E-state index contributed by atoms with van der Waals surface area (Å²) in [4.78, 5) is 28.6. The summed E-state index contributed by atoms with van der Waals surface area (Å²) >= 11 is 5.80. The van der Waals surface area contributed by atoms with Gasteiger partial charge in [-0.05, 0) is 78.7 Å². The van der Waals surface area contributed by atoms with Gasteiger partial charge in [0, 0.05) is 36.2 Å². The van der Waals surface area contributed by atoms with Crippen molar-refractivity contribution >= 4 is 29.0 Å². The molecule has 4 nitrogen and oxygen atoms in total. The van der Waals surface area contributed by atoms with Crippen LogP contribution in [0.1, 0.15) is 104 Å². The third-order valence-corrected chi connectivity index (χ3v) is 6.95. The molecule has 0 bridgehead atoms. The number of amides is 1. The van der Waals surface area contributed by atoms with Crippen molar-refractivity contribution in [3.05, 3.63) is 69.8 Å². The molecule has 1 aromatic rings. The highest BCUT2D eigenvalue weighted by Gasteiger charge is 2.22. The summed E-state index contributed by atoms with van der Waals surface area (Å²) in [6.45, 7) is 15.5. The lowest BCUT2D eigenvalue weighted by Gasteiger charge is -2.22. The summed E-state index contributed by atoms with van der Waals surface area (Å²) in [6, 6.07) is 7.18. The van der Waals surface area contributed by atoms with Crippen LogP contribution in [0.3, 0.4) is 0 Å². The summed E-state index contributed by atoms with van der Waals surface area (Å²) in [5.74, 6) is 1.02. The maximum absolute atomic E-state index is 12.4. The SMILES string of the molecule is C/C=C1\C(=NC)C=CC(C(=O)NCC(C)(C)C)=C1CC.CCCC(CC)CCCC(=O)c1ccc(Cl)cc1. The maximum atomic E-state index is 12.4. The van der Waals surface area contributed by atoms with Gasteiger partial charge in [-0.15, -0.1) is 0 Å². The molecule has 0 spiro atoms. The third-order valence-electron chi connectivity index (χ3n) is 6.70. The monoisotopic (exact) mass is 540 g/mol. The zero-order valence-corrected chi connectivity index (χ0v) is 25.7. The Morgan fingerprint density at radius 2 is 1.71 bits per heavy atom. The van der Waals surface area contributed by atoms with E-state index in [1.54, 1.807) is 19.2 Å². The van der Waals surface area contributed by atoms with Gasteiger partial charge >= 0.3 is 0 Å². The highest BCUT2D eigenvalue weighted by Crippen LogP contribution is 2.26. The van der Waals surface area contributed by atoms with E-state index in [2.05, 4.69) is 51.9 Å². The summed E-state index contributed by atoms with van der Waals surface area (Å²) < 4.78 is 0. The van der Waals surface area contributed by atoms with E-state index in [0.717, 1.165) is 46.8 Å². The van der Waals surface area contributed by atoms with Crippen molar-refractivity contribution in [2.24, 2.45) is 16.3 Å². The molecule has 0 saturated carbocycles. The lowest BCUT2D eigenvalue weighted by Crippen LogP contribution is -2.34. The average molecular weight is 541 g/mol. The molecule has 1 aliphatic carbocycles. The van der Waals surface area contributed by atoms with E-state index in [4.69, 9.17) is 11.6 Å². The van der Waals surface area contributed by atoms with Crippen molar-refractivity contribution in [1.82, 2.24) is 5.32 Å². The number of carbonyl (C=O) groups is 2. The molecule has 1 unspecified atom stereocenters. The van der Waals surface area contributed by atoms with Crippen LogP contribution in [0.5, 0.6) is 0 Å². The van der Waals surface area contributed by atoms with Gasteiger partial charge in [0.15, 0.2) is 5.78 Å². The highest BCUT2D eigenvalue weighted by atomic mass is 35.5. The van der Waals surface area contributed by atoms with Crippen LogP contribution in [0.4, 0.5) is 0 Å². The standard InChI is InChI=1S/C17H26N2O.C16H23ClO/c1-7-12-13(8-2)15(18-6)10-9-14(12)16(20)19-11-17(3,4)5;1-3-6-13(4-2)7-5-8-16(18)14-9-11-15(17)12-10-14/h8-10H,7,11H2,1-6H3,(H,19,20);9-13H,3-8H2,1-2H3/b13-8-,18-15?;. The van der Waals surface area contributed by atoms with Crippen LogP contribution in [-0.2, 0) is 4.79 Å². The topological polar surface area (TPSA) is 58.5 Å². The fourth-order valence-corrected chi connectivity index (χ4v) is 4.62. The lowest BCUT2D eigenvalue weighted by atomic mass is 9.88. The van der Waals surface area contributed by atoms with Crippen molar-refractivity contribution < 1.29 is 9.59 Å². The van der Waals surface area contributed by atoms with Crippen LogP contribution in [0, 0.1) is 11.3 Å². The van der Waals surface area contributed by atoms with Gasteiger partial charge in [0.2, 0.25) is 0 Å². The smallest absolute Gasteiger partial charge is 0.251 e. The molecule has 0 fully saturated rings. The molecule has 1 amide bonds. The van der Waals surface area contributed by atoms with Crippen molar-refractivity contribution in [3.63, 3.8) is 0 Å². The van der Waals surface area contributed by atoms with Crippen LogP contribution in [-0.4, -0.2) is 31.0 Å². The number of allylic oxidation sites excluding steroid dienone is 4. The molecule has 1 N–H and O–H groups in total. The Bertz CT molecular complexity index is 1020. The molecule has 210 valence electrons. The van der Waals surface area contributed by atoms with Crippen molar-refractivity contribution in [1.29, 1.82) is 0 Å². The molecular weight excluding hydrogens is 492 g/mol. The van der Waals surface area contributed by atoms with Gasteiger partial charge in [0.1, 0.15) is 0 Å². The number of rotatable bonds is 11. The number of halogens is 1. The second kappa shape index (κ2) is 17.2. The van der Waals surface area contributed by atoms with E-state index >= 15 is 0 Å². The minimum Gasteiger partial charge on any atom is -0.352 e. The highest BCUT2D eigenvalue weighted by molar-refractivity contribution is 6.30. The van der Waals surface area contributed by atoms with Crippen molar-refractivity contribution in [3.8, 4) is 0 Å².